The molecule has 0 amide bonds. The third-order valence-corrected chi connectivity index (χ3v) is 5.26. The summed E-state index contributed by atoms with van der Waals surface area (Å²) in [6, 6.07) is 4.78. The highest BCUT2D eigenvalue weighted by Crippen LogP contribution is 2.27. The Labute approximate surface area is 115 Å². The molecule has 0 unspecified atom stereocenters. The smallest absolute Gasteiger partial charge is 0.311 e. The van der Waals surface area contributed by atoms with Gasteiger partial charge in [0.1, 0.15) is 0 Å². The highest BCUT2D eigenvalue weighted by molar-refractivity contribution is 7.89. The van der Waals surface area contributed by atoms with Crippen LogP contribution in [-0.4, -0.2) is 49.1 Å². The van der Waals surface area contributed by atoms with Crippen LogP contribution in [0.3, 0.4) is 0 Å². The number of esters is 1. The van der Waals surface area contributed by atoms with Gasteiger partial charge in [0.15, 0.2) is 0 Å². The van der Waals surface area contributed by atoms with Crippen molar-refractivity contribution in [2.75, 3.05) is 20.2 Å². The number of aromatic amines is 1. The summed E-state index contributed by atoms with van der Waals surface area (Å²) in [5.74, 6) is -0.744. The van der Waals surface area contributed by atoms with E-state index in [1.165, 1.54) is 11.4 Å². The van der Waals surface area contributed by atoms with Crippen LogP contribution in [0.1, 0.15) is 0 Å². The highest BCUT2D eigenvalue weighted by atomic mass is 32.2. The Kier molecular flexibility index (Phi) is 2.98. The first-order valence-corrected chi connectivity index (χ1v) is 7.47. The first kappa shape index (κ1) is 13.1. The van der Waals surface area contributed by atoms with Crippen molar-refractivity contribution in [1.82, 2.24) is 14.5 Å². The zero-order valence-corrected chi connectivity index (χ0v) is 11.6. The van der Waals surface area contributed by atoms with E-state index in [0.29, 0.717) is 5.52 Å². The van der Waals surface area contributed by atoms with Gasteiger partial charge >= 0.3 is 5.97 Å². The third-order valence-electron chi connectivity index (χ3n) is 3.43. The van der Waals surface area contributed by atoms with E-state index < -0.39 is 10.0 Å². The second-order valence-electron chi connectivity index (χ2n) is 4.66. The average molecular weight is 295 g/mol. The maximum absolute atomic E-state index is 12.4. The maximum atomic E-state index is 12.4. The number of fused-ring (bicyclic) bond motifs is 1. The SMILES string of the molecule is COC(=O)C1CN(S(=O)(=O)c2ccc3cn[nH]c3c2)C1. The number of nitrogens with one attached hydrogen (secondary N) is 1. The summed E-state index contributed by atoms with van der Waals surface area (Å²) in [5, 5.41) is 7.44. The number of ether oxygens (including phenoxy) is 1. The zero-order valence-electron chi connectivity index (χ0n) is 10.7. The predicted molar refractivity (Wildman–Crippen MR) is 70.4 cm³/mol. The molecule has 0 atom stereocenters. The molecule has 0 saturated carbocycles. The fourth-order valence-electron chi connectivity index (χ4n) is 2.18. The Morgan fingerprint density at radius 3 is 2.90 bits per heavy atom. The van der Waals surface area contributed by atoms with E-state index in [-0.39, 0.29) is 29.9 Å². The summed E-state index contributed by atoms with van der Waals surface area (Å²) in [7, 11) is -2.27. The van der Waals surface area contributed by atoms with Crippen LogP contribution in [0.25, 0.3) is 10.9 Å². The number of carbonyl (C=O) groups excluding carboxylic acids is 1. The fraction of sp³-hybridized carbons (Fsp3) is 0.333. The minimum atomic E-state index is -3.57. The van der Waals surface area contributed by atoms with Crippen molar-refractivity contribution in [2.24, 2.45) is 5.92 Å². The van der Waals surface area contributed by atoms with Crippen LogP contribution in [0.5, 0.6) is 0 Å². The molecule has 1 saturated heterocycles. The molecule has 1 aromatic carbocycles. The maximum Gasteiger partial charge on any atom is 0.311 e. The Bertz CT molecular complexity index is 762. The van der Waals surface area contributed by atoms with Crippen LogP contribution in [0.2, 0.25) is 0 Å². The van der Waals surface area contributed by atoms with Gasteiger partial charge in [0, 0.05) is 18.5 Å². The summed E-state index contributed by atoms with van der Waals surface area (Å²) in [5.41, 5.74) is 0.663. The number of methoxy groups -OCH3 is 1. The van der Waals surface area contributed by atoms with Crippen molar-refractivity contribution in [1.29, 1.82) is 0 Å². The molecular weight excluding hydrogens is 282 g/mol. The van der Waals surface area contributed by atoms with Gasteiger partial charge in [-0.1, -0.05) is 0 Å². The van der Waals surface area contributed by atoms with Crippen molar-refractivity contribution in [3.63, 3.8) is 0 Å². The summed E-state index contributed by atoms with van der Waals surface area (Å²) in [4.78, 5) is 11.5. The molecule has 0 bridgehead atoms. The van der Waals surface area contributed by atoms with Gasteiger partial charge in [0.25, 0.3) is 0 Å². The van der Waals surface area contributed by atoms with Crippen LogP contribution in [-0.2, 0) is 19.6 Å². The first-order valence-electron chi connectivity index (χ1n) is 6.03. The standard InChI is InChI=1S/C12H13N3O4S/c1-19-12(16)9-6-15(7-9)20(17,18)10-3-2-8-5-13-14-11(8)4-10/h2-5,9H,6-7H2,1H3,(H,13,14). The predicted octanol–water partition coefficient (Wildman–Crippen LogP) is 0.356. The van der Waals surface area contributed by atoms with E-state index >= 15 is 0 Å². The Morgan fingerprint density at radius 1 is 1.45 bits per heavy atom. The third kappa shape index (κ3) is 1.97. The van der Waals surface area contributed by atoms with Gasteiger partial charge in [0.05, 0.1) is 29.6 Å². The van der Waals surface area contributed by atoms with Gasteiger partial charge in [-0.05, 0) is 18.2 Å². The Morgan fingerprint density at radius 2 is 2.20 bits per heavy atom. The summed E-state index contributed by atoms with van der Waals surface area (Å²) < 4.78 is 30.6. The molecule has 106 valence electrons. The van der Waals surface area contributed by atoms with E-state index in [1.54, 1.807) is 24.4 Å². The Hall–Kier alpha value is -1.93. The molecule has 3 rings (SSSR count). The van der Waals surface area contributed by atoms with Crippen molar-refractivity contribution in [3.8, 4) is 0 Å². The summed E-state index contributed by atoms with van der Waals surface area (Å²) >= 11 is 0. The molecule has 1 aromatic heterocycles. The molecule has 1 N–H and O–H groups in total. The molecule has 0 aliphatic carbocycles. The van der Waals surface area contributed by atoms with Gasteiger partial charge in [0.2, 0.25) is 10.0 Å². The van der Waals surface area contributed by atoms with Gasteiger partial charge in [-0.15, -0.1) is 0 Å². The molecule has 7 nitrogen and oxygen atoms in total. The van der Waals surface area contributed by atoms with Crippen molar-refractivity contribution >= 4 is 26.9 Å². The monoisotopic (exact) mass is 295 g/mol. The summed E-state index contributed by atoms with van der Waals surface area (Å²) in [6.07, 6.45) is 1.63. The average Bonchev–Trinajstić information content (AvgIpc) is 2.83. The topological polar surface area (TPSA) is 92.4 Å². The van der Waals surface area contributed by atoms with Crippen molar-refractivity contribution < 1.29 is 17.9 Å². The largest absolute Gasteiger partial charge is 0.469 e. The number of hydrogen-bond acceptors (Lipinski definition) is 5. The van der Waals surface area contributed by atoms with Gasteiger partial charge < -0.3 is 4.74 Å². The highest BCUT2D eigenvalue weighted by Gasteiger charge is 2.41. The van der Waals surface area contributed by atoms with Crippen LogP contribution in [0, 0.1) is 5.92 Å². The van der Waals surface area contributed by atoms with Crippen molar-refractivity contribution in [2.45, 2.75) is 4.90 Å². The van der Waals surface area contributed by atoms with Crippen LogP contribution >= 0.6 is 0 Å². The summed E-state index contributed by atoms with van der Waals surface area (Å²) in [6.45, 7) is 0.325. The first-order chi connectivity index (χ1) is 9.52. The van der Waals surface area contributed by atoms with E-state index in [2.05, 4.69) is 14.9 Å². The van der Waals surface area contributed by atoms with Crippen LogP contribution in [0.15, 0.2) is 29.3 Å². The number of sulfonamides is 1. The molecule has 1 aliphatic heterocycles. The molecule has 1 fully saturated rings. The lowest BCUT2D eigenvalue weighted by atomic mass is 10.0. The minimum absolute atomic E-state index is 0.163. The number of nitrogens with zero attached hydrogens (tertiary/aromatic N) is 2. The second-order valence-corrected chi connectivity index (χ2v) is 6.60. The number of aromatic nitrogens is 2. The lowest BCUT2D eigenvalue weighted by Crippen LogP contribution is -2.53. The Balaban J connectivity index is 1.84. The fourth-order valence-corrected chi connectivity index (χ4v) is 3.73. The molecule has 8 heteroatoms. The number of benzene rings is 1. The number of carbonyl (C=O) groups is 1. The molecule has 2 aromatic rings. The van der Waals surface area contributed by atoms with E-state index in [4.69, 9.17) is 0 Å². The second kappa shape index (κ2) is 4.57. The minimum Gasteiger partial charge on any atom is -0.469 e. The molecule has 2 heterocycles. The molecule has 20 heavy (non-hydrogen) atoms. The van der Waals surface area contributed by atoms with Gasteiger partial charge in [-0.3, -0.25) is 9.89 Å². The van der Waals surface area contributed by atoms with E-state index in [9.17, 15) is 13.2 Å². The van der Waals surface area contributed by atoms with Crippen molar-refractivity contribution in [3.05, 3.63) is 24.4 Å². The number of hydrogen-bond donors (Lipinski definition) is 1. The van der Waals surface area contributed by atoms with Crippen LogP contribution < -0.4 is 0 Å². The van der Waals surface area contributed by atoms with Gasteiger partial charge in [-0.2, -0.15) is 9.40 Å². The zero-order chi connectivity index (χ0) is 14.3. The normalized spacial score (nSPS) is 17.1. The molecular formula is C12H13N3O4S. The lowest BCUT2D eigenvalue weighted by molar-refractivity contribution is -0.149. The van der Waals surface area contributed by atoms with Gasteiger partial charge in [-0.25, -0.2) is 8.42 Å². The lowest BCUT2D eigenvalue weighted by Gasteiger charge is -2.36. The molecule has 0 spiro atoms. The number of rotatable bonds is 3. The van der Waals surface area contributed by atoms with E-state index in [1.807, 2.05) is 0 Å². The molecule has 1 aliphatic rings. The van der Waals surface area contributed by atoms with E-state index in [0.717, 1.165) is 5.39 Å². The van der Waals surface area contributed by atoms with Crippen LogP contribution in [0.4, 0.5) is 0 Å². The quantitative estimate of drug-likeness (QED) is 0.825. The molecule has 0 radical (unpaired) electrons. The number of H-pyrrole nitrogens is 1.